The minimum Gasteiger partial charge on any atom is -0.494 e. The number of ether oxygens (including phenoxy) is 2. The van der Waals surface area contributed by atoms with E-state index in [1.165, 1.54) is 0 Å². The highest BCUT2D eigenvalue weighted by Gasteiger charge is 1.94. The van der Waals surface area contributed by atoms with Crippen LogP contribution >= 0.6 is 0 Å². The van der Waals surface area contributed by atoms with Gasteiger partial charge in [-0.2, -0.15) is 0 Å². The topological polar surface area (TPSA) is 44.5 Å². The Hall–Kier alpha value is -1.22. The molecule has 1 aromatic rings. The molecule has 72 valence electrons. The third-order valence-corrected chi connectivity index (χ3v) is 1.52. The van der Waals surface area contributed by atoms with Gasteiger partial charge in [-0.15, -0.1) is 0 Å². The van der Waals surface area contributed by atoms with Gasteiger partial charge in [-0.25, -0.2) is 0 Å². The van der Waals surface area contributed by atoms with Gasteiger partial charge in [-0.1, -0.05) is 0 Å². The van der Waals surface area contributed by atoms with E-state index in [-0.39, 0.29) is 0 Å². The van der Waals surface area contributed by atoms with E-state index in [9.17, 15) is 0 Å². The van der Waals surface area contributed by atoms with Crippen LogP contribution in [-0.4, -0.2) is 19.8 Å². The van der Waals surface area contributed by atoms with Crippen molar-refractivity contribution in [2.24, 2.45) is 5.73 Å². The maximum atomic E-state index is 5.31. The van der Waals surface area contributed by atoms with E-state index in [2.05, 4.69) is 0 Å². The first-order valence-corrected chi connectivity index (χ1v) is 4.42. The molecule has 0 heterocycles. The van der Waals surface area contributed by atoms with Crippen LogP contribution in [0.5, 0.6) is 11.5 Å². The van der Waals surface area contributed by atoms with Crippen LogP contribution in [-0.2, 0) is 0 Å². The minimum atomic E-state index is 0.535. The summed E-state index contributed by atoms with van der Waals surface area (Å²) in [4.78, 5) is 0. The third-order valence-electron chi connectivity index (χ3n) is 1.52. The van der Waals surface area contributed by atoms with E-state index in [4.69, 9.17) is 15.2 Å². The Bertz CT molecular complexity index is 233. The molecule has 0 radical (unpaired) electrons. The normalized spacial score (nSPS) is 9.69. The zero-order valence-corrected chi connectivity index (χ0v) is 7.82. The summed E-state index contributed by atoms with van der Waals surface area (Å²) in [5.74, 6) is 1.69. The molecule has 0 unspecified atom stereocenters. The highest BCUT2D eigenvalue weighted by molar-refractivity contribution is 5.31. The molecule has 0 aliphatic heterocycles. The summed E-state index contributed by atoms with van der Waals surface area (Å²) in [6.45, 7) is 3.73. The highest BCUT2D eigenvalue weighted by atomic mass is 16.5. The Morgan fingerprint density at radius 2 is 1.62 bits per heavy atom. The van der Waals surface area contributed by atoms with Crippen molar-refractivity contribution in [3.05, 3.63) is 24.3 Å². The van der Waals surface area contributed by atoms with Crippen molar-refractivity contribution in [1.29, 1.82) is 0 Å². The van der Waals surface area contributed by atoms with Crippen LogP contribution in [0.4, 0.5) is 0 Å². The fourth-order valence-electron chi connectivity index (χ4n) is 0.976. The quantitative estimate of drug-likeness (QED) is 0.747. The van der Waals surface area contributed by atoms with Crippen molar-refractivity contribution in [2.75, 3.05) is 19.8 Å². The number of benzene rings is 1. The Kier molecular flexibility index (Phi) is 4.12. The molecule has 0 atom stereocenters. The van der Waals surface area contributed by atoms with E-state index in [0.717, 1.165) is 11.5 Å². The van der Waals surface area contributed by atoms with Gasteiger partial charge in [0, 0.05) is 6.54 Å². The van der Waals surface area contributed by atoms with Crippen LogP contribution in [0.1, 0.15) is 6.92 Å². The predicted molar refractivity (Wildman–Crippen MR) is 52.2 cm³/mol. The molecule has 0 spiro atoms. The van der Waals surface area contributed by atoms with Gasteiger partial charge in [0.15, 0.2) is 0 Å². The van der Waals surface area contributed by atoms with Gasteiger partial charge in [0.05, 0.1) is 6.61 Å². The first-order chi connectivity index (χ1) is 6.36. The van der Waals surface area contributed by atoms with Crippen molar-refractivity contribution in [1.82, 2.24) is 0 Å². The number of hydrogen-bond donors (Lipinski definition) is 1. The third kappa shape index (κ3) is 3.34. The molecule has 0 saturated carbocycles. The van der Waals surface area contributed by atoms with Crippen LogP contribution in [0.2, 0.25) is 0 Å². The second-order valence-corrected chi connectivity index (χ2v) is 2.54. The summed E-state index contributed by atoms with van der Waals surface area (Å²) in [6, 6.07) is 7.52. The van der Waals surface area contributed by atoms with E-state index in [0.29, 0.717) is 19.8 Å². The van der Waals surface area contributed by atoms with Gasteiger partial charge in [-0.3, -0.25) is 0 Å². The van der Waals surface area contributed by atoms with E-state index in [1.54, 1.807) is 0 Å². The maximum Gasteiger partial charge on any atom is 0.119 e. The van der Waals surface area contributed by atoms with Gasteiger partial charge in [0.2, 0.25) is 0 Å². The zero-order valence-electron chi connectivity index (χ0n) is 7.82. The van der Waals surface area contributed by atoms with Crippen molar-refractivity contribution in [2.45, 2.75) is 6.92 Å². The largest absolute Gasteiger partial charge is 0.494 e. The fraction of sp³-hybridized carbons (Fsp3) is 0.400. The Morgan fingerprint density at radius 1 is 1.08 bits per heavy atom. The summed E-state index contributed by atoms with van der Waals surface area (Å²) in [5, 5.41) is 0. The minimum absolute atomic E-state index is 0.535. The molecular weight excluding hydrogens is 166 g/mol. The van der Waals surface area contributed by atoms with Gasteiger partial charge in [0.25, 0.3) is 0 Å². The van der Waals surface area contributed by atoms with Gasteiger partial charge >= 0.3 is 0 Å². The van der Waals surface area contributed by atoms with Crippen molar-refractivity contribution >= 4 is 0 Å². The molecule has 2 N–H and O–H groups in total. The van der Waals surface area contributed by atoms with Crippen LogP contribution in [0.25, 0.3) is 0 Å². The average Bonchev–Trinajstić information content (AvgIpc) is 2.17. The smallest absolute Gasteiger partial charge is 0.119 e. The molecule has 0 aliphatic rings. The van der Waals surface area contributed by atoms with E-state index < -0.39 is 0 Å². The summed E-state index contributed by atoms with van der Waals surface area (Å²) in [6.07, 6.45) is 0. The molecule has 0 aliphatic carbocycles. The van der Waals surface area contributed by atoms with Gasteiger partial charge < -0.3 is 15.2 Å². The molecule has 1 aromatic carbocycles. The number of nitrogens with two attached hydrogens (primary N) is 1. The highest BCUT2D eigenvalue weighted by Crippen LogP contribution is 2.17. The molecule has 0 aromatic heterocycles. The Morgan fingerprint density at radius 3 is 2.08 bits per heavy atom. The predicted octanol–water partition coefficient (Wildman–Crippen LogP) is 1.42. The molecule has 13 heavy (non-hydrogen) atoms. The monoisotopic (exact) mass is 181 g/mol. The van der Waals surface area contributed by atoms with Crippen LogP contribution in [0.15, 0.2) is 24.3 Å². The van der Waals surface area contributed by atoms with E-state index in [1.807, 2.05) is 31.2 Å². The average molecular weight is 181 g/mol. The van der Waals surface area contributed by atoms with Gasteiger partial charge in [0.1, 0.15) is 18.1 Å². The first-order valence-electron chi connectivity index (χ1n) is 4.42. The number of hydrogen-bond acceptors (Lipinski definition) is 3. The van der Waals surface area contributed by atoms with Crippen molar-refractivity contribution in [3.63, 3.8) is 0 Å². The SMILES string of the molecule is CCOc1ccc(OCCN)cc1. The molecule has 3 nitrogen and oxygen atoms in total. The lowest BCUT2D eigenvalue weighted by Crippen LogP contribution is -2.10. The van der Waals surface area contributed by atoms with E-state index >= 15 is 0 Å². The summed E-state index contributed by atoms with van der Waals surface area (Å²) < 4.78 is 10.6. The summed E-state index contributed by atoms with van der Waals surface area (Å²) in [5.41, 5.74) is 5.30. The Labute approximate surface area is 78.5 Å². The fourth-order valence-corrected chi connectivity index (χ4v) is 0.976. The van der Waals surface area contributed by atoms with Gasteiger partial charge in [-0.05, 0) is 31.2 Å². The maximum absolute atomic E-state index is 5.31. The Balaban J connectivity index is 2.48. The first kappa shape index (κ1) is 9.86. The lowest BCUT2D eigenvalue weighted by atomic mass is 10.3. The second-order valence-electron chi connectivity index (χ2n) is 2.54. The summed E-state index contributed by atoms with van der Waals surface area (Å²) >= 11 is 0. The van der Waals surface area contributed by atoms with Crippen LogP contribution in [0.3, 0.4) is 0 Å². The van der Waals surface area contributed by atoms with Crippen LogP contribution in [0, 0.1) is 0 Å². The lowest BCUT2D eigenvalue weighted by molar-refractivity contribution is 0.323. The van der Waals surface area contributed by atoms with Crippen molar-refractivity contribution in [3.8, 4) is 11.5 Å². The zero-order chi connectivity index (χ0) is 9.52. The molecule has 0 saturated heterocycles. The summed E-state index contributed by atoms with van der Waals surface area (Å²) in [7, 11) is 0. The lowest BCUT2D eigenvalue weighted by Gasteiger charge is -2.05. The van der Waals surface area contributed by atoms with Crippen LogP contribution < -0.4 is 15.2 Å². The second kappa shape index (κ2) is 5.43. The molecular formula is C10H15NO2. The number of rotatable bonds is 5. The molecule has 0 fully saturated rings. The van der Waals surface area contributed by atoms with Crippen molar-refractivity contribution < 1.29 is 9.47 Å². The molecule has 3 heteroatoms. The molecule has 0 amide bonds. The molecule has 0 bridgehead atoms. The standard InChI is InChI=1S/C10H15NO2/c1-2-12-9-3-5-10(6-4-9)13-8-7-11/h3-6H,2,7-8,11H2,1H3. The molecule has 1 rings (SSSR count).